The van der Waals surface area contributed by atoms with Gasteiger partial charge in [0.15, 0.2) is 0 Å². The van der Waals surface area contributed by atoms with Gasteiger partial charge in [-0.05, 0) is 24.6 Å². The van der Waals surface area contributed by atoms with Crippen LogP contribution in [0.25, 0.3) is 0 Å². The fourth-order valence-corrected chi connectivity index (χ4v) is 3.14. The zero-order valence-corrected chi connectivity index (χ0v) is 14.6. The molecule has 6 nitrogen and oxygen atoms in total. The molecule has 0 N–H and O–H groups in total. The molecule has 0 bridgehead atoms. The first kappa shape index (κ1) is 16.3. The molecule has 0 radical (unpaired) electrons. The van der Waals surface area contributed by atoms with Crippen LogP contribution in [0.4, 0.5) is 0 Å². The molecule has 3 heterocycles. The third kappa shape index (κ3) is 3.31. The van der Waals surface area contributed by atoms with Crippen molar-refractivity contribution in [3.63, 3.8) is 0 Å². The SMILES string of the molecule is C[C@@H]1Cn2nc(COc3ccccn3)cc2C(=O)N1Cc1ccccc1. The van der Waals surface area contributed by atoms with E-state index < -0.39 is 0 Å². The van der Waals surface area contributed by atoms with E-state index in [4.69, 9.17) is 4.74 Å². The lowest BCUT2D eigenvalue weighted by Crippen LogP contribution is -2.46. The van der Waals surface area contributed by atoms with E-state index in [1.54, 1.807) is 16.9 Å². The van der Waals surface area contributed by atoms with Crippen molar-refractivity contribution >= 4 is 5.91 Å². The Balaban J connectivity index is 1.50. The maximum absolute atomic E-state index is 12.9. The van der Waals surface area contributed by atoms with Crippen molar-refractivity contribution in [3.05, 3.63) is 77.7 Å². The Morgan fingerprint density at radius 3 is 2.73 bits per heavy atom. The lowest BCUT2D eigenvalue weighted by molar-refractivity contribution is 0.0584. The average molecular weight is 348 g/mol. The molecule has 132 valence electrons. The van der Waals surface area contributed by atoms with Gasteiger partial charge in [0.1, 0.15) is 18.0 Å². The zero-order valence-electron chi connectivity index (χ0n) is 14.6. The first-order valence-corrected chi connectivity index (χ1v) is 8.66. The van der Waals surface area contributed by atoms with Crippen LogP contribution in [-0.2, 0) is 19.7 Å². The number of carbonyl (C=O) groups is 1. The third-order valence-electron chi connectivity index (χ3n) is 4.48. The molecule has 0 saturated carbocycles. The van der Waals surface area contributed by atoms with Gasteiger partial charge in [-0.15, -0.1) is 0 Å². The van der Waals surface area contributed by atoms with Gasteiger partial charge in [0, 0.05) is 24.8 Å². The summed E-state index contributed by atoms with van der Waals surface area (Å²) >= 11 is 0. The second-order valence-corrected chi connectivity index (χ2v) is 6.43. The van der Waals surface area contributed by atoms with Gasteiger partial charge in [-0.25, -0.2) is 4.98 Å². The minimum absolute atomic E-state index is 0.00388. The van der Waals surface area contributed by atoms with E-state index in [-0.39, 0.29) is 18.6 Å². The molecule has 0 fully saturated rings. The van der Waals surface area contributed by atoms with E-state index in [2.05, 4.69) is 17.0 Å². The summed E-state index contributed by atoms with van der Waals surface area (Å²) in [6.07, 6.45) is 1.68. The number of ether oxygens (including phenoxy) is 1. The lowest BCUT2D eigenvalue weighted by atomic mass is 10.1. The van der Waals surface area contributed by atoms with Gasteiger partial charge in [-0.3, -0.25) is 9.48 Å². The maximum Gasteiger partial charge on any atom is 0.272 e. The van der Waals surface area contributed by atoms with E-state index in [9.17, 15) is 4.79 Å². The molecule has 3 aromatic rings. The molecular weight excluding hydrogens is 328 g/mol. The lowest BCUT2D eigenvalue weighted by Gasteiger charge is -2.33. The second kappa shape index (κ2) is 7.00. The number of pyridine rings is 1. The molecule has 26 heavy (non-hydrogen) atoms. The molecule has 0 saturated heterocycles. The van der Waals surface area contributed by atoms with E-state index in [0.717, 1.165) is 11.3 Å². The monoisotopic (exact) mass is 348 g/mol. The van der Waals surface area contributed by atoms with Crippen molar-refractivity contribution in [1.29, 1.82) is 0 Å². The molecule has 2 aromatic heterocycles. The normalized spacial score (nSPS) is 16.4. The van der Waals surface area contributed by atoms with Crippen LogP contribution >= 0.6 is 0 Å². The molecule has 1 aliphatic rings. The molecule has 6 heteroatoms. The number of nitrogens with zero attached hydrogens (tertiary/aromatic N) is 4. The van der Waals surface area contributed by atoms with Crippen LogP contribution < -0.4 is 4.74 Å². The topological polar surface area (TPSA) is 60.2 Å². The Bertz CT molecular complexity index is 893. The minimum Gasteiger partial charge on any atom is -0.471 e. The van der Waals surface area contributed by atoms with Crippen LogP contribution in [0.15, 0.2) is 60.8 Å². The molecule has 0 unspecified atom stereocenters. The van der Waals surface area contributed by atoms with Crippen molar-refractivity contribution in [2.75, 3.05) is 0 Å². The number of carbonyl (C=O) groups excluding carboxylic acids is 1. The van der Waals surface area contributed by atoms with Gasteiger partial charge >= 0.3 is 0 Å². The van der Waals surface area contributed by atoms with Crippen LogP contribution in [0.3, 0.4) is 0 Å². The molecule has 1 amide bonds. The highest BCUT2D eigenvalue weighted by atomic mass is 16.5. The number of aromatic nitrogens is 3. The Morgan fingerprint density at radius 1 is 1.15 bits per heavy atom. The van der Waals surface area contributed by atoms with Crippen molar-refractivity contribution < 1.29 is 9.53 Å². The summed E-state index contributed by atoms with van der Waals surface area (Å²) in [6, 6.07) is 17.4. The highest BCUT2D eigenvalue weighted by Crippen LogP contribution is 2.21. The van der Waals surface area contributed by atoms with Crippen LogP contribution in [0.5, 0.6) is 5.88 Å². The number of hydrogen-bond acceptors (Lipinski definition) is 4. The van der Waals surface area contributed by atoms with Gasteiger partial charge < -0.3 is 9.64 Å². The zero-order chi connectivity index (χ0) is 17.9. The smallest absolute Gasteiger partial charge is 0.272 e. The molecule has 0 spiro atoms. The van der Waals surface area contributed by atoms with Crippen LogP contribution in [-0.4, -0.2) is 31.6 Å². The Labute approximate surface area is 152 Å². The third-order valence-corrected chi connectivity index (χ3v) is 4.48. The molecular formula is C20H20N4O2. The molecule has 4 rings (SSSR count). The quantitative estimate of drug-likeness (QED) is 0.711. The number of fused-ring (bicyclic) bond motifs is 1. The summed E-state index contributed by atoms with van der Waals surface area (Å²) in [7, 11) is 0. The Kier molecular flexibility index (Phi) is 4.39. The average Bonchev–Trinajstić information content (AvgIpc) is 3.08. The fraction of sp³-hybridized carbons (Fsp3) is 0.250. The van der Waals surface area contributed by atoms with Gasteiger partial charge in [0.05, 0.1) is 6.54 Å². The highest BCUT2D eigenvalue weighted by Gasteiger charge is 2.31. The van der Waals surface area contributed by atoms with Crippen molar-refractivity contribution in [2.45, 2.75) is 32.7 Å². The number of rotatable bonds is 5. The van der Waals surface area contributed by atoms with Crippen molar-refractivity contribution in [3.8, 4) is 5.88 Å². The van der Waals surface area contributed by atoms with Gasteiger partial charge in [-0.1, -0.05) is 36.4 Å². The number of benzene rings is 1. The summed E-state index contributed by atoms with van der Waals surface area (Å²) in [4.78, 5) is 19.0. The van der Waals surface area contributed by atoms with Gasteiger partial charge in [-0.2, -0.15) is 5.10 Å². The van der Waals surface area contributed by atoms with Gasteiger partial charge in [0.25, 0.3) is 5.91 Å². The van der Waals surface area contributed by atoms with Crippen molar-refractivity contribution in [2.24, 2.45) is 0 Å². The van der Waals surface area contributed by atoms with Crippen LogP contribution in [0, 0.1) is 0 Å². The molecule has 0 aliphatic carbocycles. The van der Waals surface area contributed by atoms with Gasteiger partial charge in [0.2, 0.25) is 5.88 Å². The summed E-state index contributed by atoms with van der Waals surface area (Å²) in [5.74, 6) is 0.549. The summed E-state index contributed by atoms with van der Waals surface area (Å²) in [5, 5.41) is 4.52. The predicted molar refractivity (Wildman–Crippen MR) is 96.6 cm³/mol. The second-order valence-electron chi connectivity index (χ2n) is 6.43. The fourth-order valence-electron chi connectivity index (χ4n) is 3.14. The van der Waals surface area contributed by atoms with E-state index >= 15 is 0 Å². The van der Waals surface area contributed by atoms with E-state index in [1.165, 1.54) is 0 Å². The molecule has 1 aliphatic heterocycles. The highest BCUT2D eigenvalue weighted by molar-refractivity contribution is 5.93. The Hall–Kier alpha value is -3.15. The van der Waals surface area contributed by atoms with Crippen molar-refractivity contribution in [1.82, 2.24) is 19.7 Å². The van der Waals surface area contributed by atoms with E-state index in [1.807, 2.05) is 53.4 Å². The van der Waals surface area contributed by atoms with E-state index in [0.29, 0.717) is 24.7 Å². The first-order valence-electron chi connectivity index (χ1n) is 8.66. The minimum atomic E-state index is 0.00388. The standard InChI is InChI=1S/C20H20N4O2/c1-15-12-24-18(20(25)23(15)13-16-7-3-2-4-8-16)11-17(22-24)14-26-19-9-5-6-10-21-19/h2-11,15H,12-14H2,1H3/t15-/m1/s1. The molecule has 1 atom stereocenters. The number of hydrogen-bond donors (Lipinski definition) is 0. The number of amides is 1. The summed E-state index contributed by atoms with van der Waals surface area (Å²) < 4.78 is 7.43. The summed E-state index contributed by atoms with van der Waals surface area (Å²) in [6.45, 7) is 3.62. The first-order chi connectivity index (χ1) is 12.7. The maximum atomic E-state index is 12.9. The van der Waals surface area contributed by atoms with Crippen LogP contribution in [0.1, 0.15) is 28.7 Å². The Morgan fingerprint density at radius 2 is 1.96 bits per heavy atom. The molecule has 1 aromatic carbocycles. The summed E-state index contributed by atoms with van der Waals surface area (Å²) in [5.41, 5.74) is 2.46. The predicted octanol–water partition coefficient (Wildman–Crippen LogP) is 2.90. The van der Waals surface area contributed by atoms with Crippen LogP contribution in [0.2, 0.25) is 0 Å². The largest absolute Gasteiger partial charge is 0.471 e.